The molecule has 0 aliphatic carbocycles. The minimum absolute atomic E-state index is 0.134. The van der Waals surface area contributed by atoms with E-state index in [1.54, 1.807) is 6.07 Å². The van der Waals surface area contributed by atoms with Crippen molar-refractivity contribution in [1.29, 1.82) is 0 Å². The zero-order valence-electron chi connectivity index (χ0n) is 9.58. The van der Waals surface area contributed by atoms with E-state index in [4.69, 9.17) is 4.74 Å². The summed E-state index contributed by atoms with van der Waals surface area (Å²) in [5, 5.41) is 3.29. The maximum absolute atomic E-state index is 13.3. The molecule has 2 unspecified atom stereocenters. The Morgan fingerprint density at radius 2 is 2.25 bits per heavy atom. The molecular weight excluding hydrogens is 205 g/mol. The average Bonchev–Trinajstić information content (AvgIpc) is 2.67. The van der Waals surface area contributed by atoms with Gasteiger partial charge in [-0.1, -0.05) is 18.2 Å². The number of ether oxygens (including phenoxy) is 1. The third kappa shape index (κ3) is 2.80. The van der Waals surface area contributed by atoms with Crippen molar-refractivity contribution in [2.75, 3.05) is 13.2 Å². The quantitative estimate of drug-likeness (QED) is 0.846. The molecule has 3 heteroatoms. The van der Waals surface area contributed by atoms with Gasteiger partial charge in [-0.25, -0.2) is 4.39 Å². The van der Waals surface area contributed by atoms with Gasteiger partial charge in [0.1, 0.15) is 5.82 Å². The summed E-state index contributed by atoms with van der Waals surface area (Å²) in [6.45, 7) is 4.45. The largest absolute Gasteiger partial charge is 0.378 e. The van der Waals surface area contributed by atoms with Gasteiger partial charge in [0, 0.05) is 25.3 Å². The summed E-state index contributed by atoms with van der Waals surface area (Å²) in [7, 11) is 0. The predicted molar refractivity (Wildman–Crippen MR) is 61.6 cm³/mol. The van der Waals surface area contributed by atoms with E-state index in [1.807, 2.05) is 12.1 Å². The molecule has 2 nitrogen and oxygen atoms in total. The molecular formula is C13H18FNO. The Bertz CT molecular complexity index is 342. The number of halogens is 1. The molecule has 0 aromatic heterocycles. The summed E-state index contributed by atoms with van der Waals surface area (Å²) in [4.78, 5) is 0. The Hall–Kier alpha value is -0.930. The summed E-state index contributed by atoms with van der Waals surface area (Å²) >= 11 is 0. The molecule has 1 heterocycles. The minimum Gasteiger partial charge on any atom is -0.378 e. The van der Waals surface area contributed by atoms with Crippen LogP contribution in [0.5, 0.6) is 0 Å². The maximum Gasteiger partial charge on any atom is 0.127 e. The molecule has 1 aromatic carbocycles. The highest BCUT2D eigenvalue weighted by molar-refractivity contribution is 5.16. The summed E-state index contributed by atoms with van der Waals surface area (Å²) in [5.74, 6) is 0.428. The lowest BCUT2D eigenvalue weighted by Crippen LogP contribution is -2.26. The van der Waals surface area contributed by atoms with Gasteiger partial charge in [-0.15, -0.1) is 0 Å². The molecule has 0 saturated carbocycles. The minimum atomic E-state index is -0.134. The van der Waals surface area contributed by atoms with Crippen LogP contribution < -0.4 is 5.32 Å². The molecule has 1 aliphatic heterocycles. The molecule has 1 aliphatic rings. The number of hydrogen-bond acceptors (Lipinski definition) is 2. The fraction of sp³-hybridized carbons (Fsp3) is 0.538. The Morgan fingerprint density at radius 1 is 1.44 bits per heavy atom. The first-order chi connectivity index (χ1) is 7.77. The average molecular weight is 223 g/mol. The summed E-state index contributed by atoms with van der Waals surface area (Å²) < 4.78 is 18.8. The van der Waals surface area contributed by atoms with E-state index < -0.39 is 0 Å². The molecule has 1 saturated heterocycles. The van der Waals surface area contributed by atoms with Crippen molar-refractivity contribution in [1.82, 2.24) is 5.32 Å². The first-order valence-electron chi connectivity index (χ1n) is 5.83. The molecule has 2 rings (SSSR count). The van der Waals surface area contributed by atoms with Crippen LogP contribution in [0.3, 0.4) is 0 Å². The lowest BCUT2D eigenvalue weighted by atomic mass is 10.0. The van der Waals surface area contributed by atoms with Gasteiger partial charge in [0.2, 0.25) is 0 Å². The van der Waals surface area contributed by atoms with Crippen molar-refractivity contribution in [3.05, 3.63) is 35.6 Å². The van der Waals surface area contributed by atoms with Crippen LogP contribution >= 0.6 is 0 Å². The third-order valence-corrected chi connectivity index (χ3v) is 3.21. The second kappa shape index (κ2) is 5.41. The predicted octanol–water partition coefficient (Wildman–Crippen LogP) is 2.34. The Kier molecular flexibility index (Phi) is 3.91. The molecule has 0 radical (unpaired) electrons. The molecule has 1 fully saturated rings. The van der Waals surface area contributed by atoms with Crippen LogP contribution in [0, 0.1) is 11.7 Å². The van der Waals surface area contributed by atoms with Gasteiger partial charge in [-0.2, -0.15) is 0 Å². The fourth-order valence-corrected chi connectivity index (χ4v) is 2.08. The van der Waals surface area contributed by atoms with Crippen LogP contribution in [0.15, 0.2) is 24.3 Å². The van der Waals surface area contributed by atoms with Gasteiger partial charge in [-0.05, 0) is 25.3 Å². The van der Waals surface area contributed by atoms with Crippen molar-refractivity contribution in [2.24, 2.45) is 5.92 Å². The van der Waals surface area contributed by atoms with Crippen molar-refractivity contribution in [3.63, 3.8) is 0 Å². The van der Waals surface area contributed by atoms with Crippen LogP contribution in [0.1, 0.15) is 18.9 Å². The fourth-order valence-electron chi connectivity index (χ4n) is 2.08. The van der Waals surface area contributed by atoms with Gasteiger partial charge < -0.3 is 10.1 Å². The first-order valence-corrected chi connectivity index (χ1v) is 5.83. The monoisotopic (exact) mass is 223 g/mol. The molecule has 0 bridgehead atoms. The highest BCUT2D eigenvalue weighted by Crippen LogP contribution is 2.19. The van der Waals surface area contributed by atoms with Crippen LogP contribution in [0.2, 0.25) is 0 Å². The first kappa shape index (κ1) is 11.6. The lowest BCUT2D eigenvalue weighted by molar-refractivity contribution is 0.105. The van der Waals surface area contributed by atoms with Crippen molar-refractivity contribution in [2.45, 2.75) is 26.0 Å². The second-order valence-electron chi connectivity index (χ2n) is 4.35. The van der Waals surface area contributed by atoms with Gasteiger partial charge in [0.05, 0.1) is 6.10 Å². The summed E-state index contributed by atoms with van der Waals surface area (Å²) in [6, 6.07) is 6.89. The van der Waals surface area contributed by atoms with E-state index in [2.05, 4.69) is 12.2 Å². The van der Waals surface area contributed by atoms with E-state index in [9.17, 15) is 4.39 Å². The Balaban J connectivity index is 1.78. The van der Waals surface area contributed by atoms with E-state index >= 15 is 0 Å². The number of rotatable bonds is 4. The summed E-state index contributed by atoms with van der Waals surface area (Å²) in [6.07, 6.45) is 1.43. The van der Waals surface area contributed by atoms with E-state index in [0.717, 1.165) is 25.1 Å². The second-order valence-corrected chi connectivity index (χ2v) is 4.35. The lowest BCUT2D eigenvalue weighted by Gasteiger charge is -2.14. The van der Waals surface area contributed by atoms with Crippen molar-refractivity contribution in [3.8, 4) is 0 Å². The SMILES string of the molecule is CC1OCCC1CNCc1ccccc1F. The molecule has 2 atom stereocenters. The van der Waals surface area contributed by atoms with E-state index in [1.165, 1.54) is 6.07 Å². The Labute approximate surface area is 95.8 Å². The third-order valence-electron chi connectivity index (χ3n) is 3.21. The van der Waals surface area contributed by atoms with Gasteiger partial charge >= 0.3 is 0 Å². The standard InChI is InChI=1S/C13H18FNO/c1-10-11(6-7-16-10)8-15-9-12-4-2-3-5-13(12)14/h2-5,10-11,15H,6-9H2,1H3. The molecule has 88 valence electrons. The zero-order chi connectivity index (χ0) is 11.4. The van der Waals surface area contributed by atoms with Crippen LogP contribution in [-0.4, -0.2) is 19.3 Å². The van der Waals surface area contributed by atoms with Crippen molar-refractivity contribution < 1.29 is 9.13 Å². The highest BCUT2D eigenvalue weighted by atomic mass is 19.1. The van der Waals surface area contributed by atoms with Crippen LogP contribution in [-0.2, 0) is 11.3 Å². The smallest absolute Gasteiger partial charge is 0.127 e. The van der Waals surface area contributed by atoms with Gasteiger partial charge in [0.25, 0.3) is 0 Å². The summed E-state index contributed by atoms with van der Waals surface area (Å²) in [5.41, 5.74) is 0.731. The zero-order valence-corrected chi connectivity index (χ0v) is 9.58. The van der Waals surface area contributed by atoms with E-state index in [0.29, 0.717) is 18.6 Å². The maximum atomic E-state index is 13.3. The van der Waals surface area contributed by atoms with Gasteiger partial charge in [0.15, 0.2) is 0 Å². The number of benzene rings is 1. The van der Waals surface area contributed by atoms with Crippen molar-refractivity contribution >= 4 is 0 Å². The van der Waals surface area contributed by atoms with Crippen LogP contribution in [0.4, 0.5) is 4.39 Å². The van der Waals surface area contributed by atoms with Crippen LogP contribution in [0.25, 0.3) is 0 Å². The number of hydrogen-bond donors (Lipinski definition) is 1. The number of nitrogens with one attached hydrogen (secondary N) is 1. The molecule has 1 N–H and O–H groups in total. The van der Waals surface area contributed by atoms with Gasteiger partial charge in [-0.3, -0.25) is 0 Å². The normalized spacial score (nSPS) is 24.9. The topological polar surface area (TPSA) is 21.3 Å². The molecule has 16 heavy (non-hydrogen) atoms. The Morgan fingerprint density at radius 3 is 2.94 bits per heavy atom. The molecule has 0 amide bonds. The van der Waals surface area contributed by atoms with E-state index in [-0.39, 0.29) is 5.82 Å². The highest BCUT2D eigenvalue weighted by Gasteiger charge is 2.23. The molecule has 0 spiro atoms. The molecule has 1 aromatic rings.